The predicted molar refractivity (Wildman–Crippen MR) is 78.8 cm³/mol. The van der Waals surface area contributed by atoms with Crippen LogP contribution in [0, 0.1) is 16.0 Å². The van der Waals surface area contributed by atoms with Gasteiger partial charge in [0, 0.05) is 19.2 Å². The lowest BCUT2D eigenvalue weighted by Crippen LogP contribution is -2.40. The van der Waals surface area contributed by atoms with Gasteiger partial charge in [-0.1, -0.05) is 0 Å². The average molecular weight is 344 g/mol. The lowest BCUT2D eigenvalue weighted by atomic mass is 9.99. The number of piperidine rings is 1. The van der Waals surface area contributed by atoms with Crippen molar-refractivity contribution >= 4 is 21.7 Å². The SMILES string of the molecule is COc1ccc(S(=O)(=O)N2CCC(C(=O)O)CC2)cc1[N+](=O)[O-]. The van der Waals surface area contributed by atoms with Crippen LogP contribution in [0.1, 0.15) is 12.8 Å². The topological polar surface area (TPSA) is 127 Å². The van der Waals surface area contributed by atoms with Gasteiger partial charge in [0.15, 0.2) is 5.75 Å². The van der Waals surface area contributed by atoms with E-state index in [9.17, 15) is 23.3 Å². The molecule has 1 aliphatic rings. The van der Waals surface area contributed by atoms with Gasteiger partial charge in [0.2, 0.25) is 10.0 Å². The van der Waals surface area contributed by atoms with Crippen LogP contribution in [0.4, 0.5) is 5.69 Å². The van der Waals surface area contributed by atoms with Gasteiger partial charge >= 0.3 is 11.7 Å². The summed E-state index contributed by atoms with van der Waals surface area (Å²) in [5, 5.41) is 19.9. The number of hydrogen-bond donors (Lipinski definition) is 1. The van der Waals surface area contributed by atoms with Crippen LogP contribution in [0.2, 0.25) is 0 Å². The van der Waals surface area contributed by atoms with Gasteiger partial charge in [-0.2, -0.15) is 4.31 Å². The maximum absolute atomic E-state index is 12.6. The van der Waals surface area contributed by atoms with Gasteiger partial charge < -0.3 is 9.84 Å². The molecule has 1 N–H and O–H groups in total. The molecule has 2 rings (SSSR count). The monoisotopic (exact) mass is 344 g/mol. The Morgan fingerprint density at radius 2 is 2.00 bits per heavy atom. The normalized spacial score (nSPS) is 16.9. The number of benzene rings is 1. The van der Waals surface area contributed by atoms with Crippen molar-refractivity contribution in [1.82, 2.24) is 4.31 Å². The molecule has 1 heterocycles. The zero-order chi connectivity index (χ0) is 17.2. The Hall–Kier alpha value is -2.20. The Kier molecular flexibility index (Phi) is 4.85. The third-order valence-electron chi connectivity index (χ3n) is 3.79. The fourth-order valence-electron chi connectivity index (χ4n) is 2.47. The van der Waals surface area contributed by atoms with Crippen LogP contribution in [-0.2, 0) is 14.8 Å². The molecule has 0 atom stereocenters. The number of sulfonamides is 1. The Balaban J connectivity index is 2.29. The Bertz CT molecular complexity index is 724. The second-order valence-electron chi connectivity index (χ2n) is 5.11. The zero-order valence-electron chi connectivity index (χ0n) is 12.3. The van der Waals surface area contributed by atoms with Crippen molar-refractivity contribution in [3.8, 4) is 5.75 Å². The van der Waals surface area contributed by atoms with Gasteiger partial charge in [0.1, 0.15) is 0 Å². The number of nitro groups is 1. The summed E-state index contributed by atoms with van der Waals surface area (Å²) in [7, 11) is -2.65. The number of carboxylic acid groups (broad SMARTS) is 1. The summed E-state index contributed by atoms with van der Waals surface area (Å²) in [4.78, 5) is 21.0. The molecule has 1 saturated heterocycles. The molecule has 1 aliphatic heterocycles. The first-order valence-corrected chi connectivity index (χ1v) is 8.26. The smallest absolute Gasteiger partial charge is 0.312 e. The minimum Gasteiger partial charge on any atom is -0.490 e. The summed E-state index contributed by atoms with van der Waals surface area (Å²) in [5.41, 5.74) is -0.436. The van der Waals surface area contributed by atoms with Gasteiger partial charge in [-0.3, -0.25) is 14.9 Å². The molecule has 0 aliphatic carbocycles. The highest BCUT2D eigenvalue weighted by Gasteiger charge is 2.33. The van der Waals surface area contributed by atoms with Crippen LogP contribution < -0.4 is 4.74 Å². The van der Waals surface area contributed by atoms with Crippen molar-refractivity contribution in [1.29, 1.82) is 0 Å². The van der Waals surface area contributed by atoms with Gasteiger partial charge in [-0.25, -0.2) is 8.42 Å². The van der Waals surface area contributed by atoms with Crippen molar-refractivity contribution in [2.24, 2.45) is 5.92 Å². The van der Waals surface area contributed by atoms with E-state index in [-0.39, 0.29) is 36.6 Å². The Labute approximate surface area is 132 Å². The van der Waals surface area contributed by atoms with Gasteiger partial charge in [0.05, 0.1) is 22.8 Å². The number of hydrogen-bond acceptors (Lipinski definition) is 6. The van der Waals surface area contributed by atoms with Crippen molar-refractivity contribution in [2.75, 3.05) is 20.2 Å². The van der Waals surface area contributed by atoms with E-state index in [1.54, 1.807) is 0 Å². The first-order valence-electron chi connectivity index (χ1n) is 6.82. The van der Waals surface area contributed by atoms with E-state index in [4.69, 9.17) is 9.84 Å². The number of nitrogens with zero attached hydrogens (tertiary/aromatic N) is 2. The van der Waals surface area contributed by atoms with Gasteiger partial charge in [-0.15, -0.1) is 0 Å². The number of carboxylic acids is 1. The maximum atomic E-state index is 12.6. The van der Waals surface area contributed by atoms with Crippen molar-refractivity contribution in [2.45, 2.75) is 17.7 Å². The second-order valence-corrected chi connectivity index (χ2v) is 7.05. The highest BCUT2D eigenvalue weighted by molar-refractivity contribution is 7.89. The summed E-state index contributed by atoms with van der Waals surface area (Å²) < 4.78 is 31.1. The minimum atomic E-state index is -3.91. The van der Waals surface area contributed by atoms with Gasteiger partial charge in [-0.05, 0) is 25.0 Å². The second kappa shape index (κ2) is 6.50. The summed E-state index contributed by atoms with van der Waals surface area (Å²) in [6, 6.07) is 3.43. The number of ether oxygens (including phenoxy) is 1. The van der Waals surface area contributed by atoms with Gasteiger partial charge in [0.25, 0.3) is 0 Å². The Morgan fingerprint density at radius 1 is 1.39 bits per heavy atom. The van der Waals surface area contributed by atoms with E-state index in [2.05, 4.69) is 0 Å². The molecule has 23 heavy (non-hydrogen) atoms. The quantitative estimate of drug-likeness (QED) is 0.625. The van der Waals surface area contributed by atoms with Crippen LogP contribution in [0.15, 0.2) is 23.1 Å². The van der Waals surface area contributed by atoms with E-state index in [0.717, 1.165) is 10.4 Å². The predicted octanol–water partition coefficient (Wildman–Crippen LogP) is 1.09. The van der Waals surface area contributed by atoms with Crippen LogP contribution in [-0.4, -0.2) is 48.9 Å². The molecule has 1 fully saturated rings. The fraction of sp³-hybridized carbons (Fsp3) is 0.462. The summed E-state index contributed by atoms with van der Waals surface area (Å²) in [5.74, 6) is -1.53. The molecule has 9 nitrogen and oxygen atoms in total. The van der Waals surface area contributed by atoms with E-state index in [1.807, 2.05) is 0 Å². The number of nitro benzene ring substituents is 1. The van der Waals surface area contributed by atoms with E-state index >= 15 is 0 Å². The van der Waals surface area contributed by atoms with E-state index < -0.39 is 32.5 Å². The molecular formula is C13H16N2O7S. The molecule has 0 amide bonds. The van der Waals surface area contributed by atoms with Crippen LogP contribution >= 0.6 is 0 Å². The number of aliphatic carboxylic acids is 1. The largest absolute Gasteiger partial charge is 0.490 e. The van der Waals surface area contributed by atoms with E-state index in [1.165, 1.54) is 19.2 Å². The maximum Gasteiger partial charge on any atom is 0.312 e. The highest BCUT2D eigenvalue weighted by Crippen LogP contribution is 2.31. The van der Waals surface area contributed by atoms with E-state index in [0.29, 0.717) is 0 Å². The molecule has 0 bridgehead atoms. The zero-order valence-corrected chi connectivity index (χ0v) is 13.2. The minimum absolute atomic E-state index is 0.0291. The lowest BCUT2D eigenvalue weighted by molar-refractivity contribution is -0.386. The van der Waals surface area contributed by atoms with Crippen molar-refractivity contribution in [3.63, 3.8) is 0 Å². The molecule has 0 unspecified atom stereocenters. The molecule has 126 valence electrons. The fourth-order valence-corrected chi connectivity index (χ4v) is 3.96. The van der Waals surface area contributed by atoms with Crippen LogP contribution in [0.3, 0.4) is 0 Å². The Morgan fingerprint density at radius 3 is 2.48 bits per heavy atom. The van der Waals surface area contributed by atoms with Crippen LogP contribution in [0.5, 0.6) is 5.75 Å². The summed E-state index contributed by atoms with van der Waals surface area (Å²) >= 11 is 0. The standard InChI is InChI=1S/C13H16N2O7S/c1-22-12-3-2-10(8-11(12)15(18)19)23(20,21)14-6-4-9(5-7-14)13(16)17/h2-3,8-9H,4-7H2,1H3,(H,16,17). The number of rotatable bonds is 5. The molecular weight excluding hydrogens is 328 g/mol. The molecule has 1 aromatic rings. The third-order valence-corrected chi connectivity index (χ3v) is 5.68. The molecule has 10 heteroatoms. The molecule has 0 spiro atoms. The third kappa shape index (κ3) is 3.42. The molecule has 0 aromatic heterocycles. The highest BCUT2D eigenvalue weighted by atomic mass is 32.2. The first-order chi connectivity index (χ1) is 10.8. The first kappa shape index (κ1) is 17.2. The van der Waals surface area contributed by atoms with Crippen molar-refractivity contribution < 1.29 is 28.0 Å². The van der Waals surface area contributed by atoms with Crippen LogP contribution in [0.25, 0.3) is 0 Å². The lowest BCUT2D eigenvalue weighted by Gasteiger charge is -2.29. The number of methoxy groups -OCH3 is 1. The summed E-state index contributed by atoms with van der Waals surface area (Å²) in [6.45, 7) is 0.137. The molecule has 0 radical (unpaired) electrons. The van der Waals surface area contributed by atoms with Crippen molar-refractivity contribution in [3.05, 3.63) is 28.3 Å². The average Bonchev–Trinajstić information content (AvgIpc) is 2.54. The molecule has 1 aromatic carbocycles. The molecule has 0 saturated carbocycles. The number of carbonyl (C=O) groups is 1. The summed E-state index contributed by atoms with van der Waals surface area (Å²) in [6.07, 6.45) is 0.430.